The van der Waals surface area contributed by atoms with Crippen LogP contribution in [-0.2, 0) is 16.1 Å². The molecule has 0 saturated carbocycles. The molecule has 0 N–H and O–H groups in total. The molecule has 1 aliphatic rings. The molecule has 0 spiro atoms. The number of thioether (sulfide) groups is 1. The van der Waals surface area contributed by atoms with Gasteiger partial charge in [-0.3, -0.25) is 9.36 Å². The Bertz CT molecular complexity index is 1060. The summed E-state index contributed by atoms with van der Waals surface area (Å²) in [5.41, 5.74) is 4.41. The van der Waals surface area contributed by atoms with E-state index in [1.165, 1.54) is 11.8 Å². The number of benzene rings is 2. The Hall–Kier alpha value is -2.84. The lowest BCUT2D eigenvalue weighted by Gasteiger charge is -2.26. The summed E-state index contributed by atoms with van der Waals surface area (Å²) in [4.78, 5) is 17.3. The van der Waals surface area contributed by atoms with Crippen molar-refractivity contribution in [3.63, 3.8) is 0 Å². The van der Waals surface area contributed by atoms with Crippen LogP contribution in [0.4, 0.5) is 5.69 Å². The molecule has 33 heavy (non-hydrogen) atoms. The standard InChI is InChI=1S/C25H31N5O2S/c1-19-7-4-5-9-23(19)30-18-26-27-25(30)33-17-24(31)29(16-22-8-6-14-32-22)15-20-10-12-21(13-11-20)28(2)3/h4-5,7,9-13,18,22H,6,8,14-17H2,1-3H3. The van der Waals surface area contributed by atoms with Crippen molar-refractivity contribution < 1.29 is 9.53 Å². The van der Waals surface area contributed by atoms with Crippen LogP contribution in [0.25, 0.3) is 5.69 Å². The number of nitrogens with zero attached hydrogens (tertiary/aromatic N) is 5. The molecule has 1 saturated heterocycles. The first kappa shape index (κ1) is 23.3. The number of ether oxygens (including phenoxy) is 1. The largest absolute Gasteiger partial charge is 0.378 e. The van der Waals surface area contributed by atoms with E-state index < -0.39 is 0 Å². The summed E-state index contributed by atoms with van der Waals surface area (Å²) in [7, 11) is 4.05. The van der Waals surface area contributed by atoms with Crippen LogP contribution < -0.4 is 4.90 Å². The lowest BCUT2D eigenvalue weighted by molar-refractivity contribution is -0.130. The molecule has 4 rings (SSSR count). The zero-order valence-electron chi connectivity index (χ0n) is 19.5. The number of carbonyl (C=O) groups excluding carboxylic acids is 1. The van der Waals surface area contributed by atoms with E-state index in [1.807, 2.05) is 41.8 Å². The lowest BCUT2D eigenvalue weighted by atomic mass is 10.1. The van der Waals surface area contributed by atoms with Crippen LogP contribution in [0, 0.1) is 6.92 Å². The van der Waals surface area contributed by atoms with E-state index in [1.54, 1.807) is 6.33 Å². The fourth-order valence-electron chi connectivity index (χ4n) is 3.95. The number of amides is 1. The van der Waals surface area contributed by atoms with Gasteiger partial charge in [-0.1, -0.05) is 42.1 Å². The number of rotatable bonds is 9. The second-order valence-electron chi connectivity index (χ2n) is 8.53. The second-order valence-corrected chi connectivity index (χ2v) is 9.47. The lowest BCUT2D eigenvalue weighted by Crippen LogP contribution is -2.38. The first-order valence-corrected chi connectivity index (χ1v) is 12.2. The number of carbonyl (C=O) groups is 1. The summed E-state index contributed by atoms with van der Waals surface area (Å²) in [6, 6.07) is 16.4. The Kier molecular flexibility index (Phi) is 7.67. The molecule has 3 aromatic rings. The molecule has 174 valence electrons. The number of para-hydroxylation sites is 1. The fourth-order valence-corrected chi connectivity index (χ4v) is 4.77. The highest BCUT2D eigenvalue weighted by Crippen LogP contribution is 2.23. The van der Waals surface area contributed by atoms with Gasteiger partial charge in [-0.25, -0.2) is 0 Å². The van der Waals surface area contributed by atoms with Crippen LogP contribution in [0.5, 0.6) is 0 Å². The quantitative estimate of drug-likeness (QED) is 0.446. The number of anilines is 1. The molecule has 2 aromatic carbocycles. The molecule has 1 amide bonds. The molecule has 1 unspecified atom stereocenters. The van der Waals surface area contributed by atoms with E-state index in [2.05, 4.69) is 52.4 Å². The minimum atomic E-state index is 0.0755. The molecule has 1 aliphatic heterocycles. The van der Waals surface area contributed by atoms with Crippen LogP contribution in [0.3, 0.4) is 0 Å². The average molecular weight is 466 g/mol. The van der Waals surface area contributed by atoms with E-state index in [4.69, 9.17) is 4.74 Å². The van der Waals surface area contributed by atoms with Gasteiger partial charge in [0.05, 0.1) is 17.5 Å². The van der Waals surface area contributed by atoms with Crippen LogP contribution in [-0.4, -0.2) is 64.7 Å². The molecule has 1 aromatic heterocycles. The Labute approximate surface area is 199 Å². The monoisotopic (exact) mass is 465 g/mol. The third kappa shape index (κ3) is 5.94. The molecular weight excluding hydrogens is 434 g/mol. The Morgan fingerprint density at radius 2 is 1.97 bits per heavy atom. The third-order valence-electron chi connectivity index (χ3n) is 5.84. The first-order chi connectivity index (χ1) is 16.0. The molecule has 0 aliphatic carbocycles. The van der Waals surface area contributed by atoms with Gasteiger partial charge in [-0.05, 0) is 49.1 Å². The Morgan fingerprint density at radius 1 is 1.18 bits per heavy atom. The number of hydrogen-bond acceptors (Lipinski definition) is 6. The summed E-state index contributed by atoms with van der Waals surface area (Å²) in [6.45, 7) is 4.01. The van der Waals surface area contributed by atoms with Gasteiger partial charge in [-0.2, -0.15) is 0 Å². The highest BCUT2D eigenvalue weighted by Gasteiger charge is 2.23. The minimum Gasteiger partial charge on any atom is -0.378 e. The van der Waals surface area contributed by atoms with Crippen molar-refractivity contribution in [1.82, 2.24) is 19.7 Å². The average Bonchev–Trinajstić information content (AvgIpc) is 3.50. The van der Waals surface area contributed by atoms with E-state index in [0.29, 0.717) is 24.0 Å². The summed E-state index contributed by atoms with van der Waals surface area (Å²) >= 11 is 1.42. The van der Waals surface area contributed by atoms with Crippen molar-refractivity contribution in [1.29, 1.82) is 0 Å². The Morgan fingerprint density at radius 3 is 2.67 bits per heavy atom. The Balaban J connectivity index is 1.45. The molecule has 0 radical (unpaired) electrons. The molecule has 8 heteroatoms. The molecule has 0 bridgehead atoms. The molecular formula is C25H31N5O2S. The SMILES string of the molecule is Cc1ccccc1-n1cnnc1SCC(=O)N(Cc1ccc(N(C)C)cc1)CC1CCCO1. The summed E-state index contributed by atoms with van der Waals surface area (Å²) in [6.07, 6.45) is 3.86. The number of aryl methyl sites for hydroxylation is 1. The number of aromatic nitrogens is 3. The van der Waals surface area contributed by atoms with Gasteiger partial charge in [0.1, 0.15) is 6.33 Å². The zero-order chi connectivity index (χ0) is 23.2. The molecule has 1 atom stereocenters. The van der Waals surface area contributed by atoms with Gasteiger partial charge in [-0.15, -0.1) is 10.2 Å². The van der Waals surface area contributed by atoms with Crippen LogP contribution in [0.15, 0.2) is 60.0 Å². The minimum absolute atomic E-state index is 0.0755. The smallest absolute Gasteiger partial charge is 0.233 e. The highest BCUT2D eigenvalue weighted by molar-refractivity contribution is 7.99. The van der Waals surface area contributed by atoms with Gasteiger partial charge in [0.25, 0.3) is 0 Å². The summed E-state index contributed by atoms with van der Waals surface area (Å²) in [5.74, 6) is 0.374. The predicted octanol–water partition coefficient (Wildman–Crippen LogP) is 3.94. The number of hydrogen-bond donors (Lipinski definition) is 0. The summed E-state index contributed by atoms with van der Waals surface area (Å²) < 4.78 is 7.77. The fraction of sp³-hybridized carbons (Fsp3) is 0.400. The van der Waals surface area contributed by atoms with Gasteiger partial charge < -0.3 is 14.5 Å². The molecule has 7 nitrogen and oxygen atoms in total. The molecule has 1 fully saturated rings. The van der Waals surface area contributed by atoms with E-state index in [0.717, 1.165) is 42.0 Å². The van der Waals surface area contributed by atoms with Crippen molar-refractivity contribution >= 4 is 23.4 Å². The van der Waals surface area contributed by atoms with Crippen molar-refractivity contribution in [3.8, 4) is 5.69 Å². The van der Waals surface area contributed by atoms with Crippen molar-refractivity contribution in [2.45, 2.75) is 37.6 Å². The van der Waals surface area contributed by atoms with Gasteiger partial charge in [0.15, 0.2) is 5.16 Å². The van der Waals surface area contributed by atoms with Gasteiger partial charge >= 0.3 is 0 Å². The third-order valence-corrected chi connectivity index (χ3v) is 6.77. The van der Waals surface area contributed by atoms with Crippen LogP contribution >= 0.6 is 11.8 Å². The predicted molar refractivity (Wildman–Crippen MR) is 132 cm³/mol. The maximum atomic E-state index is 13.3. The van der Waals surface area contributed by atoms with Gasteiger partial charge in [0.2, 0.25) is 5.91 Å². The molecule has 2 heterocycles. The first-order valence-electron chi connectivity index (χ1n) is 11.3. The zero-order valence-corrected chi connectivity index (χ0v) is 20.3. The van der Waals surface area contributed by atoms with Crippen LogP contribution in [0.2, 0.25) is 0 Å². The summed E-state index contributed by atoms with van der Waals surface area (Å²) in [5, 5.41) is 9.05. The van der Waals surface area contributed by atoms with E-state index in [9.17, 15) is 4.79 Å². The topological polar surface area (TPSA) is 63.5 Å². The van der Waals surface area contributed by atoms with E-state index >= 15 is 0 Å². The normalized spacial score (nSPS) is 15.5. The highest BCUT2D eigenvalue weighted by atomic mass is 32.2. The second kappa shape index (κ2) is 10.9. The maximum absolute atomic E-state index is 13.3. The maximum Gasteiger partial charge on any atom is 0.233 e. The van der Waals surface area contributed by atoms with Crippen molar-refractivity contribution in [2.75, 3.05) is 37.9 Å². The van der Waals surface area contributed by atoms with Crippen molar-refractivity contribution in [2.24, 2.45) is 0 Å². The van der Waals surface area contributed by atoms with Crippen molar-refractivity contribution in [3.05, 3.63) is 66.0 Å². The van der Waals surface area contributed by atoms with Gasteiger partial charge in [0, 0.05) is 39.5 Å². The van der Waals surface area contributed by atoms with Crippen LogP contribution in [0.1, 0.15) is 24.0 Å². The van der Waals surface area contributed by atoms with E-state index in [-0.39, 0.29) is 12.0 Å².